The van der Waals surface area contributed by atoms with Crippen molar-refractivity contribution in [3.05, 3.63) is 34.9 Å². The van der Waals surface area contributed by atoms with E-state index < -0.39 is 0 Å². The van der Waals surface area contributed by atoms with Gasteiger partial charge >= 0.3 is 0 Å². The molecule has 1 aromatic carbocycles. The molecule has 0 aromatic heterocycles. The molecule has 1 nitrogen and oxygen atoms in total. The van der Waals surface area contributed by atoms with E-state index in [0.717, 1.165) is 18.4 Å². The molecule has 1 aromatic rings. The second-order valence-electron chi connectivity index (χ2n) is 5.98. The predicted molar refractivity (Wildman–Crippen MR) is 69.6 cm³/mol. The zero-order chi connectivity index (χ0) is 12.3. The topological polar surface area (TPSA) is 20.2 Å². The van der Waals surface area contributed by atoms with Crippen LogP contribution in [0.15, 0.2) is 18.2 Å². The van der Waals surface area contributed by atoms with E-state index in [2.05, 4.69) is 52.8 Å². The highest BCUT2D eigenvalue weighted by molar-refractivity contribution is 5.32. The molecule has 1 atom stereocenters. The predicted octanol–water partition coefficient (Wildman–Crippen LogP) is 4.16. The molecule has 0 radical (unpaired) electrons. The monoisotopic (exact) mass is 220 g/mol. The van der Waals surface area contributed by atoms with Crippen molar-refractivity contribution in [2.24, 2.45) is 5.41 Å². The van der Waals surface area contributed by atoms with Gasteiger partial charge in [0.1, 0.15) is 0 Å². The fourth-order valence-corrected chi connectivity index (χ4v) is 1.84. The molecule has 0 heterocycles. The van der Waals surface area contributed by atoms with Crippen LogP contribution in [0.4, 0.5) is 0 Å². The fraction of sp³-hybridized carbons (Fsp3) is 0.600. The minimum Gasteiger partial charge on any atom is -0.388 e. The summed E-state index contributed by atoms with van der Waals surface area (Å²) in [4.78, 5) is 0. The van der Waals surface area contributed by atoms with Gasteiger partial charge in [0.15, 0.2) is 0 Å². The molecule has 0 aliphatic heterocycles. The Balaban J connectivity index is 2.73. The number of aryl methyl sites for hydroxylation is 2. The van der Waals surface area contributed by atoms with E-state index in [1.807, 2.05) is 0 Å². The average molecular weight is 220 g/mol. The van der Waals surface area contributed by atoms with Crippen molar-refractivity contribution in [1.82, 2.24) is 0 Å². The molecule has 0 aliphatic rings. The summed E-state index contributed by atoms with van der Waals surface area (Å²) in [5.74, 6) is 0. The lowest BCUT2D eigenvalue weighted by molar-refractivity contribution is 0.147. The van der Waals surface area contributed by atoms with Gasteiger partial charge < -0.3 is 5.11 Å². The van der Waals surface area contributed by atoms with Gasteiger partial charge in [0.2, 0.25) is 0 Å². The summed E-state index contributed by atoms with van der Waals surface area (Å²) in [7, 11) is 0. The minimum atomic E-state index is -0.320. The molecule has 0 fully saturated rings. The van der Waals surface area contributed by atoms with Crippen LogP contribution < -0.4 is 0 Å². The molecule has 1 rings (SSSR count). The van der Waals surface area contributed by atoms with Gasteiger partial charge in [-0.2, -0.15) is 0 Å². The number of benzene rings is 1. The lowest BCUT2D eigenvalue weighted by Crippen LogP contribution is -2.09. The third-order valence-corrected chi connectivity index (χ3v) is 2.96. The van der Waals surface area contributed by atoms with Gasteiger partial charge in [-0.25, -0.2) is 0 Å². The second-order valence-corrected chi connectivity index (χ2v) is 5.98. The Morgan fingerprint density at radius 2 is 1.81 bits per heavy atom. The molecule has 0 aliphatic carbocycles. The van der Waals surface area contributed by atoms with Crippen LogP contribution in [-0.4, -0.2) is 5.11 Å². The molecule has 90 valence electrons. The standard InChI is InChI=1S/C15H24O/c1-11-6-7-12(2)13(10-11)14(16)8-9-15(3,4)5/h6-7,10,14,16H,8-9H2,1-5H3. The Bertz CT molecular complexity index is 347. The van der Waals surface area contributed by atoms with Crippen LogP contribution >= 0.6 is 0 Å². The van der Waals surface area contributed by atoms with Crippen LogP contribution in [0.25, 0.3) is 0 Å². The first kappa shape index (κ1) is 13.2. The van der Waals surface area contributed by atoms with E-state index in [4.69, 9.17) is 0 Å². The van der Waals surface area contributed by atoms with Crippen LogP contribution in [0, 0.1) is 19.3 Å². The van der Waals surface area contributed by atoms with E-state index in [9.17, 15) is 5.11 Å². The number of hydrogen-bond acceptors (Lipinski definition) is 1. The Labute approximate surface area is 99.5 Å². The van der Waals surface area contributed by atoms with Crippen molar-refractivity contribution in [1.29, 1.82) is 0 Å². The van der Waals surface area contributed by atoms with Gasteiger partial charge in [0.05, 0.1) is 6.10 Å². The largest absolute Gasteiger partial charge is 0.388 e. The van der Waals surface area contributed by atoms with Crippen LogP contribution in [0.3, 0.4) is 0 Å². The lowest BCUT2D eigenvalue weighted by atomic mass is 9.87. The first-order valence-corrected chi connectivity index (χ1v) is 6.05. The summed E-state index contributed by atoms with van der Waals surface area (Å²) in [6.45, 7) is 10.8. The van der Waals surface area contributed by atoms with Crippen molar-refractivity contribution in [2.45, 2.75) is 53.6 Å². The highest BCUT2D eigenvalue weighted by Crippen LogP contribution is 2.29. The molecular weight excluding hydrogens is 196 g/mol. The van der Waals surface area contributed by atoms with E-state index in [0.29, 0.717) is 5.41 Å². The van der Waals surface area contributed by atoms with Gasteiger partial charge in [-0.1, -0.05) is 44.5 Å². The van der Waals surface area contributed by atoms with E-state index in [1.54, 1.807) is 0 Å². The lowest BCUT2D eigenvalue weighted by Gasteiger charge is -2.21. The van der Waals surface area contributed by atoms with Crippen molar-refractivity contribution >= 4 is 0 Å². The Hall–Kier alpha value is -0.820. The third kappa shape index (κ3) is 3.97. The number of rotatable bonds is 3. The summed E-state index contributed by atoms with van der Waals surface area (Å²) < 4.78 is 0. The number of aliphatic hydroxyl groups is 1. The molecule has 1 N–H and O–H groups in total. The maximum Gasteiger partial charge on any atom is 0.0792 e. The third-order valence-electron chi connectivity index (χ3n) is 2.96. The van der Waals surface area contributed by atoms with Crippen molar-refractivity contribution in [2.75, 3.05) is 0 Å². The molecule has 0 bridgehead atoms. The molecule has 16 heavy (non-hydrogen) atoms. The second kappa shape index (κ2) is 5.01. The highest BCUT2D eigenvalue weighted by atomic mass is 16.3. The zero-order valence-corrected chi connectivity index (χ0v) is 11.2. The zero-order valence-electron chi connectivity index (χ0n) is 11.2. The molecular formula is C15H24O. The maximum atomic E-state index is 10.2. The van der Waals surface area contributed by atoms with Crippen LogP contribution in [-0.2, 0) is 0 Å². The molecule has 1 unspecified atom stereocenters. The van der Waals surface area contributed by atoms with Crippen LogP contribution in [0.5, 0.6) is 0 Å². The number of hydrogen-bond donors (Lipinski definition) is 1. The van der Waals surface area contributed by atoms with E-state index >= 15 is 0 Å². The Morgan fingerprint density at radius 3 is 2.38 bits per heavy atom. The van der Waals surface area contributed by atoms with Gasteiger partial charge in [-0.3, -0.25) is 0 Å². The van der Waals surface area contributed by atoms with Gasteiger partial charge in [0, 0.05) is 0 Å². The quantitative estimate of drug-likeness (QED) is 0.810. The van der Waals surface area contributed by atoms with E-state index in [1.165, 1.54) is 11.1 Å². The molecule has 0 spiro atoms. The summed E-state index contributed by atoms with van der Waals surface area (Å²) >= 11 is 0. The normalized spacial score (nSPS) is 13.9. The smallest absolute Gasteiger partial charge is 0.0792 e. The van der Waals surface area contributed by atoms with Crippen LogP contribution in [0.2, 0.25) is 0 Å². The Kier molecular flexibility index (Phi) is 4.15. The van der Waals surface area contributed by atoms with Crippen LogP contribution in [0.1, 0.15) is 56.4 Å². The summed E-state index contributed by atoms with van der Waals surface area (Å²) in [5, 5.41) is 10.2. The first-order valence-electron chi connectivity index (χ1n) is 6.05. The highest BCUT2D eigenvalue weighted by Gasteiger charge is 2.16. The van der Waals surface area contributed by atoms with E-state index in [-0.39, 0.29) is 6.10 Å². The SMILES string of the molecule is Cc1ccc(C)c(C(O)CCC(C)(C)C)c1. The first-order chi connectivity index (χ1) is 7.29. The summed E-state index contributed by atoms with van der Waals surface area (Å²) in [6, 6.07) is 6.28. The number of aliphatic hydroxyl groups excluding tert-OH is 1. The van der Waals surface area contributed by atoms with Gasteiger partial charge in [-0.15, -0.1) is 0 Å². The minimum absolute atomic E-state index is 0.290. The Morgan fingerprint density at radius 1 is 1.19 bits per heavy atom. The maximum absolute atomic E-state index is 10.2. The summed E-state index contributed by atoms with van der Waals surface area (Å²) in [5.41, 5.74) is 3.78. The van der Waals surface area contributed by atoms with Gasteiger partial charge in [-0.05, 0) is 43.2 Å². The van der Waals surface area contributed by atoms with Crippen molar-refractivity contribution in [3.8, 4) is 0 Å². The average Bonchev–Trinajstić information content (AvgIpc) is 2.17. The summed E-state index contributed by atoms with van der Waals surface area (Å²) in [6.07, 6.45) is 1.56. The molecule has 0 saturated carbocycles. The molecule has 0 saturated heterocycles. The fourth-order valence-electron chi connectivity index (χ4n) is 1.84. The van der Waals surface area contributed by atoms with Crippen molar-refractivity contribution in [3.63, 3.8) is 0 Å². The van der Waals surface area contributed by atoms with Crippen molar-refractivity contribution < 1.29 is 5.11 Å². The van der Waals surface area contributed by atoms with Gasteiger partial charge in [0.25, 0.3) is 0 Å². The molecule has 0 amide bonds. The molecule has 1 heteroatoms.